The van der Waals surface area contributed by atoms with Crippen LogP contribution < -0.4 is 5.43 Å². The first-order chi connectivity index (χ1) is 12.3. The summed E-state index contributed by atoms with van der Waals surface area (Å²) in [6.45, 7) is 0. The van der Waals surface area contributed by atoms with E-state index in [-0.39, 0.29) is 5.43 Å². The average Bonchev–Trinajstić information content (AvgIpc) is 3.32. The van der Waals surface area contributed by atoms with E-state index in [1.165, 1.54) is 6.07 Å². The average molecular weight is 328 g/mol. The second-order valence-corrected chi connectivity index (χ2v) is 5.79. The van der Waals surface area contributed by atoms with E-state index in [9.17, 15) is 4.79 Å². The second-order valence-electron chi connectivity index (χ2n) is 5.79. The fraction of sp³-hybridized carbons (Fsp3) is 0. The van der Waals surface area contributed by atoms with Gasteiger partial charge in [0.25, 0.3) is 0 Å². The van der Waals surface area contributed by atoms with E-state index in [0.717, 1.165) is 27.9 Å². The molecule has 25 heavy (non-hydrogen) atoms. The van der Waals surface area contributed by atoms with Gasteiger partial charge in [-0.3, -0.25) is 4.79 Å². The van der Waals surface area contributed by atoms with E-state index in [1.54, 1.807) is 18.9 Å². The molecule has 0 radical (unpaired) electrons. The van der Waals surface area contributed by atoms with Crippen molar-refractivity contribution >= 4 is 22.0 Å². The van der Waals surface area contributed by atoms with Crippen LogP contribution in [0.4, 0.5) is 0 Å². The van der Waals surface area contributed by atoms with Crippen LogP contribution in [0.3, 0.4) is 0 Å². The molecule has 2 N–H and O–H groups in total. The topological polar surface area (TPSA) is 87.6 Å². The van der Waals surface area contributed by atoms with Crippen molar-refractivity contribution in [3.05, 3.63) is 71.5 Å². The SMILES string of the molecule is O=c1cc(-c2ccc3nc[nH]c3c2)oc2ccc(-c3cnc[nH]3)cc12. The lowest BCUT2D eigenvalue weighted by atomic mass is 10.1. The number of benzene rings is 2. The quantitative estimate of drug-likeness (QED) is 0.517. The summed E-state index contributed by atoms with van der Waals surface area (Å²) in [5.74, 6) is 0.531. The number of fused-ring (bicyclic) bond motifs is 2. The Morgan fingerprint density at radius 1 is 0.920 bits per heavy atom. The number of rotatable bonds is 2. The summed E-state index contributed by atoms with van der Waals surface area (Å²) in [6, 6.07) is 12.8. The predicted octanol–water partition coefficient (Wildman–Crippen LogP) is 3.73. The maximum Gasteiger partial charge on any atom is 0.193 e. The number of nitrogens with zero attached hydrogens (tertiary/aromatic N) is 2. The Morgan fingerprint density at radius 3 is 2.72 bits per heavy atom. The van der Waals surface area contributed by atoms with Gasteiger partial charge >= 0.3 is 0 Å². The summed E-state index contributed by atoms with van der Waals surface area (Å²) in [6.07, 6.45) is 4.97. The zero-order valence-corrected chi connectivity index (χ0v) is 13.0. The van der Waals surface area contributed by atoms with Gasteiger partial charge in [-0.15, -0.1) is 0 Å². The molecule has 0 aliphatic carbocycles. The summed E-state index contributed by atoms with van der Waals surface area (Å²) in [7, 11) is 0. The third-order valence-electron chi connectivity index (χ3n) is 4.24. The van der Waals surface area contributed by atoms with Gasteiger partial charge in [-0.2, -0.15) is 0 Å². The molecule has 0 aliphatic rings. The highest BCUT2D eigenvalue weighted by Crippen LogP contribution is 2.26. The highest BCUT2D eigenvalue weighted by molar-refractivity contribution is 5.85. The Hall–Kier alpha value is -3.67. The van der Waals surface area contributed by atoms with Crippen molar-refractivity contribution in [3.8, 4) is 22.6 Å². The summed E-state index contributed by atoms with van der Waals surface area (Å²) >= 11 is 0. The van der Waals surface area contributed by atoms with Crippen LogP contribution in [0, 0.1) is 0 Å². The Balaban J connectivity index is 1.68. The van der Waals surface area contributed by atoms with Crippen molar-refractivity contribution in [2.45, 2.75) is 0 Å². The van der Waals surface area contributed by atoms with Crippen molar-refractivity contribution in [2.24, 2.45) is 0 Å². The smallest absolute Gasteiger partial charge is 0.193 e. The zero-order chi connectivity index (χ0) is 16.8. The van der Waals surface area contributed by atoms with Crippen molar-refractivity contribution < 1.29 is 4.42 Å². The van der Waals surface area contributed by atoms with Crippen LogP contribution in [0.1, 0.15) is 0 Å². The van der Waals surface area contributed by atoms with Gasteiger partial charge in [-0.1, -0.05) is 0 Å². The molecule has 0 amide bonds. The fourth-order valence-electron chi connectivity index (χ4n) is 2.97. The summed E-state index contributed by atoms with van der Waals surface area (Å²) in [5.41, 5.74) is 4.82. The van der Waals surface area contributed by atoms with E-state index >= 15 is 0 Å². The lowest BCUT2D eigenvalue weighted by Crippen LogP contribution is -2.00. The molecule has 0 unspecified atom stereocenters. The van der Waals surface area contributed by atoms with Crippen LogP contribution in [0.15, 0.2) is 70.5 Å². The monoisotopic (exact) mass is 328 g/mol. The minimum absolute atomic E-state index is 0.0812. The van der Waals surface area contributed by atoms with Crippen molar-refractivity contribution in [3.63, 3.8) is 0 Å². The number of aromatic nitrogens is 4. The van der Waals surface area contributed by atoms with Gasteiger partial charge in [0.05, 0.1) is 41.0 Å². The highest BCUT2D eigenvalue weighted by Gasteiger charge is 2.10. The fourth-order valence-corrected chi connectivity index (χ4v) is 2.97. The number of nitrogens with one attached hydrogen (secondary N) is 2. The molecule has 6 nitrogen and oxygen atoms in total. The maximum atomic E-state index is 12.6. The van der Waals surface area contributed by atoms with Crippen molar-refractivity contribution in [1.29, 1.82) is 0 Å². The molecule has 0 fully saturated rings. The predicted molar refractivity (Wildman–Crippen MR) is 95.2 cm³/mol. The first kappa shape index (κ1) is 13.7. The number of aromatic amines is 2. The minimum Gasteiger partial charge on any atom is -0.456 e. The standard InChI is InChI=1S/C19H12N4O2/c24-17-7-19(12-1-3-14-15(6-12)23-10-22-14)25-18-4-2-11(5-13(17)18)16-8-20-9-21-16/h1-10H,(H,20,21)(H,22,23). The third kappa shape index (κ3) is 2.23. The van der Waals surface area contributed by atoms with Crippen molar-refractivity contribution in [1.82, 2.24) is 19.9 Å². The van der Waals surface area contributed by atoms with Crippen LogP contribution in [0.5, 0.6) is 0 Å². The van der Waals surface area contributed by atoms with E-state index in [1.807, 2.05) is 36.4 Å². The first-order valence-electron chi connectivity index (χ1n) is 7.78. The van der Waals surface area contributed by atoms with Gasteiger partial charge in [0.1, 0.15) is 11.3 Å². The Labute approximate surface area is 141 Å². The van der Waals surface area contributed by atoms with Gasteiger partial charge in [0.2, 0.25) is 0 Å². The lowest BCUT2D eigenvalue weighted by molar-refractivity contribution is 0.619. The van der Waals surface area contributed by atoms with Gasteiger partial charge in [0, 0.05) is 17.2 Å². The Morgan fingerprint density at radius 2 is 1.84 bits per heavy atom. The first-order valence-corrected chi connectivity index (χ1v) is 7.78. The lowest BCUT2D eigenvalue weighted by Gasteiger charge is -2.05. The molecule has 0 bridgehead atoms. The van der Waals surface area contributed by atoms with Crippen LogP contribution in [-0.4, -0.2) is 19.9 Å². The van der Waals surface area contributed by atoms with E-state index < -0.39 is 0 Å². The molecular formula is C19H12N4O2. The van der Waals surface area contributed by atoms with E-state index in [2.05, 4.69) is 19.9 Å². The van der Waals surface area contributed by atoms with Crippen molar-refractivity contribution in [2.75, 3.05) is 0 Å². The number of hydrogen-bond acceptors (Lipinski definition) is 4. The zero-order valence-electron chi connectivity index (χ0n) is 13.0. The molecule has 5 rings (SSSR count). The van der Waals surface area contributed by atoms with E-state index in [0.29, 0.717) is 16.7 Å². The molecule has 3 heterocycles. The molecule has 0 saturated heterocycles. The molecule has 2 aromatic carbocycles. The van der Waals surface area contributed by atoms with Crippen LogP contribution in [0.2, 0.25) is 0 Å². The van der Waals surface area contributed by atoms with Crippen LogP contribution in [0.25, 0.3) is 44.6 Å². The number of H-pyrrole nitrogens is 2. The highest BCUT2D eigenvalue weighted by atomic mass is 16.3. The van der Waals surface area contributed by atoms with Gasteiger partial charge < -0.3 is 14.4 Å². The van der Waals surface area contributed by atoms with E-state index in [4.69, 9.17) is 4.42 Å². The second kappa shape index (κ2) is 5.17. The summed E-state index contributed by atoms with van der Waals surface area (Å²) in [5, 5.41) is 0.540. The largest absolute Gasteiger partial charge is 0.456 e. The molecule has 0 saturated carbocycles. The Kier molecular flexibility index (Phi) is 2.84. The molecule has 120 valence electrons. The molecule has 0 spiro atoms. The minimum atomic E-state index is -0.0812. The summed E-state index contributed by atoms with van der Waals surface area (Å²) < 4.78 is 5.97. The molecule has 5 aromatic rings. The molecule has 6 heteroatoms. The molecule has 0 atom stereocenters. The maximum absolute atomic E-state index is 12.6. The third-order valence-corrected chi connectivity index (χ3v) is 4.24. The van der Waals surface area contributed by atoms with Gasteiger partial charge in [-0.05, 0) is 36.4 Å². The van der Waals surface area contributed by atoms with Crippen LogP contribution in [-0.2, 0) is 0 Å². The summed E-state index contributed by atoms with van der Waals surface area (Å²) in [4.78, 5) is 26.9. The number of imidazole rings is 2. The van der Waals surface area contributed by atoms with Crippen LogP contribution >= 0.6 is 0 Å². The Bertz CT molecular complexity index is 1270. The number of hydrogen-bond donors (Lipinski definition) is 2. The molecular weight excluding hydrogens is 316 g/mol. The molecule has 3 aromatic heterocycles. The molecule has 0 aliphatic heterocycles. The van der Waals surface area contributed by atoms with Gasteiger partial charge in [0.15, 0.2) is 5.43 Å². The van der Waals surface area contributed by atoms with Gasteiger partial charge in [-0.25, -0.2) is 9.97 Å². The normalized spacial score (nSPS) is 11.4.